The Hall–Kier alpha value is -3.28. The van der Waals surface area contributed by atoms with Crippen LogP contribution in [-0.4, -0.2) is 22.8 Å². The predicted octanol–water partition coefficient (Wildman–Crippen LogP) is 3.12. The number of rotatable bonds is 5. The summed E-state index contributed by atoms with van der Waals surface area (Å²) in [5, 5.41) is 7.60. The number of aliphatic imine (C=N–C) groups is 1. The molecule has 3 N–H and O–H groups in total. The Morgan fingerprint density at radius 3 is 2.56 bits per heavy atom. The molecular weight excluding hydrogens is 314 g/mol. The zero-order valence-electron chi connectivity index (χ0n) is 14.3. The van der Waals surface area contributed by atoms with Crippen molar-refractivity contribution in [2.24, 2.45) is 10.7 Å². The Morgan fingerprint density at radius 2 is 1.88 bits per heavy atom. The fourth-order valence-electron chi connectivity index (χ4n) is 2.40. The minimum atomic E-state index is 0.358. The summed E-state index contributed by atoms with van der Waals surface area (Å²) in [6.07, 6.45) is 1.98. The molecule has 0 aliphatic rings. The number of aromatic nitrogens is 2. The Labute approximate surface area is 147 Å². The molecule has 1 heterocycles. The van der Waals surface area contributed by atoms with Gasteiger partial charge in [0.2, 0.25) is 0 Å². The Morgan fingerprint density at radius 1 is 1.16 bits per heavy atom. The van der Waals surface area contributed by atoms with Crippen LogP contribution in [0.2, 0.25) is 0 Å². The number of benzene rings is 2. The molecule has 0 aliphatic heterocycles. The van der Waals surface area contributed by atoms with Gasteiger partial charge < -0.3 is 15.8 Å². The number of hydrogen-bond acceptors (Lipinski definition) is 3. The van der Waals surface area contributed by atoms with Crippen molar-refractivity contribution in [2.45, 2.75) is 13.5 Å². The SMILES string of the molecule is COc1ccc(NC(N)=NCc2cn(-c3ccccc3)nc2C)cc1. The van der Waals surface area contributed by atoms with E-state index in [1.54, 1.807) is 7.11 Å². The van der Waals surface area contributed by atoms with Crippen molar-refractivity contribution in [2.75, 3.05) is 12.4 Å². The average molecular weight is 335 g/mol. The Bertz CT molecular complexity index is 853. The molecule has 3 rings (SSSR count). The summed E-state index contributed by atoms with van der Waals surface area (Å²) in [6, 6.07) is 17.5. The first-order valence-corrected chi connectivity index (χ1v) is 7.97. The van der Waals surface area contributed by atoms with Crippen molar-refractivity contribution in [1.82, 2.24) is 9.78 Å². The summed E-state index contributed by atoms with van der Waals surface area (Å²) >= 11 is 0. The van der Waals surface area contributed by atoms with Gasteiger partial charge in [-0.15, -0.1) is 0 Å². The van der Waals surface area contributed by atoms with E-state index in [2.05, 4.69) is 15.4 Å². The van der Waals surface area contributed by atoms with Gasteiger partial charge in [-0.3, -0.25) is 0 Å². The lowest BCUT2D eigenvalue weighted by atomic mass is 10.2. The first-order chi connectivity index (χ1) is 12.2. The number of nitrogens with zero attached hydrogens (tertiary/aromatic N) is 3. The fraction of sp³-hybridized carbons (Fsp3) is 0.158. The molecule has 0 radical (unpaired) electrons. The molecular formula is C19H21N5O. The van der Waals surface area contributed by atoms with Crippen molar-refractivity contribution in [3.8, 4) is 11.4 Å². The number of ether oxygens (including phenoxy) is 1. The summed E-state index contributed by atoms with van der Waals surface area (Å²) in [7, 11) is 1.64. The van der Waals surface area contributed by atoms with E-state index >= 15 is 0 Å². The maximum atomic E-state index is 5.97. The van der Waals surface area contributed by atoms with Gasteiger partial charge in [0.25, 0.3) is 0 Å². The first kappa shape index (κ1) is 16.6. The highest BCUT2D eigenvalue weighted by Gasteiger charge is 2.06. The highest BCUT2D eigenvalue weighted by atomic mass is 16.5. The van der Waals surface area contributed by atoms with E-state index in [9.17, 15) is 0 Å². The normalized spacial score (nSPS) is 11.4. The maximum absolute atomic E-state index is 5.97. The second kappa shape index (κ2) is 7.53. The van der Waals surface area contributed by atoms with Crippen LogP contribution >= 0.6 is 0 Å². The first-order valence-electron chi connectivity index (χ1n) is 7.97. The van der Waals surface area contributed by atoms with Crippen LogP contribution in [0.25, 0.3) is 5.69 Å². The summed E-state index contributed by atoms with van der Waals surface area (Å²) in [5.41, 5.74) is 9.82. The van der Waals surface area contributed by atoms with Crippen LogP contribution in [-0.2, 0) is 6.54 Å². The largest absolute Gasteiger partial charge is 0.497 e. The van der Waals surface area contributed by atoms with Crippen LogP contribution in [0.4, 0.5) is 5.69 Å². The standard InChI is InChI=1S/C19H21N5O/c1-14-15(13-24(23-14)17-6-4-3-5-7-17)12-21-19(20)22-16-8-10-18(25-2)11-9-16/h3-11,13H,12H2,1-2H3,(H3,20,21,22). The van der Waals surface area contributed by atoms with Gasteiger partial charge in [-0.1, -0.05) is 18.2 Å². The Kier molecular flexibility index (Phi) is 4.99. The van der Waals surface area contributed by atoms with Crippen molar-refractivity contribution >= 4 is 11.6 Å². The van der Waals surface area contributed by atoms with Crippen LogP contribution in [0, 0.1) is 6.92 Å². The summed E-state index contributed by atoms with van der Waals surface area (Å²) in [5.74, 6) is 1.15. The highest BCUT2D eigenvalue weighted by molar-refractivity contribution is 5.92. The van der Waals surface area contributed by atoms with Crippen molar-refractivity contribution in [3.05, 3.63) is 72.1 Å². The van der Waals surface area contributed by atoms with Crippen molar-refractivity contribution < 1.29 is 4.74 Å². The number of hydrogen-bond donors (Lipinski definition) is 2. The molecule has 0 fully saturated rings. The topological polar surface area (TPSA) is 77.5 Å². The lowest BCUT2D eigenvalue weighted by Gasteiger charge is -2.06. The van der Waals surface area contributed by atoms with Gasteiger partial charge in [-0.05, 0) is 43.3 Å². The van der Waals surface area contributed by atoms with E-state index in [4.69, 9.17) is 10.5 Å². The van der Waals surface area contributed by atoms with E-state index in [1.165, 1.54) is 0 Å². The minimum Gasteiger partial charge on any atom is -0.497 e. The summed E-state index contributed by atoms with van der Waals surface area (Å²) in [6.45, 7) is 2.44. The van der Waals surface area contributed by atoms with Crippen LogP contribution in [0.1, 0.15) is 11.3 Å². The molecule has 1 aromatic heterocycles. The average Bonchev–Trinajstić information content (AvgIpc) is 3.02. The number of nitrogens with two attached hydrogens (primary N) is 1. The zero-order valence-corrected chi connectivity index (χ0v) is 14.3. The number of para-hydroxylation sites is 1. The second-order valence-corrected chi connectivity index (χ2v) is 5.57. The molecule has 3 aromatic rings. The molecule has 6 nitrogen and oxygen atoms in total. The molecule has 0 atom stereocenters. The quantitative estimate of drug-likeness (QED) is 0.555. The van der Waals surface area contributed by atoms with E-state index < -0.39 is 0 Å². The molecule has 0 saturated carbocycles. The smallest absolute Gasteiger partial charge is 0.193 e. The van der Waals surface area contributed by atoms with Gasteiger partial charge in [0, 0.05) is 17.4 Å². The van der Waals surface area contributed by atoms with Crippen LogP contribution in [0.5, 0.6) is 5.75 Å². The number of aryl methyl sites for hydroxylation is 1. The van der Waals surface area contributed by atoms with Crippen LogP contribution in [0.15, 0.2) is 65.8 Å². The third kappa shape index (κ3) is 4.17. The van der Waals surface area contributed by atoms with E-state index in [0.717, 1.165) is 28.4 Å². The Balaban J connectivity index is 1.67. The molecule has 25 heavy (non-hydrogen) atoms. The van der Waals surface area contributed by atoms with Gasteiger partial charge in [0.15, 0.2) is 5.96 Å². The van der Waals surface area contributed by atoms with Crippen LogP contribution in [0.3, 0.4) is 0 Å². The van der Waals surface area contributed by atoms with Gasteiger partial charge in [0.1, 0.15) is 5.75 Å². The number of anilines is 1. The van der Waals surface area contributed by atoms with Crippen molar-refractivity contribution in [3.63, 3.8) is 0 Å². The molecule has 0 spiro atoms. The maximum Gasteiger partial charge on any atom is 0.193 e. The van der Waals surface area contributed by atoms with Gasteiger partial charge in [-0.2, -0.15) is 5.10 Å². The summed E-state index contributed by atoms with van der Waals surface area (Å²) in [4.78, 5) is 4.40. The monoisotopic (exact) mass is 335 g/mol. The van der Waals surface area contributed by atoms with Gasteiger partial charge in [0.05, 0.1) is 25.0 Å². The highest BCUT2D eigenvalue weighted by Crippen LogP contribution is 2.15. The number of nitrogens with one attached hydrogen (secondary N) is 1. The minimum absolute atomic E-state index is 0.358. The van der Waals surface area contributed by atoms with E-state index in [-0.39, 0.29) is 0 Å². The van der Waals surface area contributed by atoms with Gasteiger partial charge >= 0.3 is 0 Å². The second-order valence-electron chi connectivity index (χ2n) is 5.57. The number of methoxy groups -OCH3 is 1. The predicted molar refractivity (Wildman–Crippen MR) is 100 cm³/mol. The molecule has 128 valence electrons. The molecule has 0 saturated heterocycles. The third-order valence-corrected chi connectivity index (χ3v) is 3.80. The fourth-order valence-corrected chi connectivity index (χ4v) is 2.40. The molecule has 0 amide bonds. The molecule has 0 aliphatic carbocycles. The zero-order chi connectivity index (χ0) is 17.6. The molecule has 0 unspecified atom stereocenters. The van der Waals surface area contributed by atoms with Gasteiger partial charge in [-0.25, -0.2) is 9.67 Å². The molecule has 6 heteroatoms. The lowest BCUT2D eigenvalue weighted by molar-refractivity contribution is 0.415. The van der Waals surface area contributed by atoms with Crippen molar-refractivity contribution in [1.29, 1.82) is 0 Å². The molecule has 0 bridgehead atoms. The van der Waals surface area contributed by atoms with Crippen LogP contribution < -0.4 is 15.8 Å². The summed E-state index contributed by atoms with van der Waals surface area (Å²) < 4.78 is 6.99. The number of guanidine groups is 1. The molecule has 2 aromatic carbocycles. The van der Waals surface area contributed by atoms with E-state index in [1.807, 2.05) is 72.4 Å². The third-order valence-electron chi connectivity index (χ3n) is 3.80. The van der Waals surface area contributed by atoms with E-state index in [0.29, 0.717) is 12.5 Å². The lowest BCUT2D eigenvalue weighted by Crippen LogP contribution is -2.22.